The molecule has 1 saturated heterocycles. The summed E-state index contributed by atoms with van der Waals surface area (Å²) in [4.78, 5) is 2.65. The molecule has 1 aliphatic carbocycles. The van der Waals surface area contributed by atoms with Crippen LogP contribution in [0.1, 0.15) is 65.2 Å². The van der Waals surface area contributed by atoms with Gasteiger partial charge in [-0.25, -0.2) is 0 Å². The molecule has 112 valence electrons. The maximum Gasteiger partial charge on any atom is 0.00926 e. The summed E-state index contributed by atoms with van der Waals surface area (Å²) in [5.41, 5.74) is 0.604. The van der Waals surface area contributed by atoms with E-state index in [-0.39, 0.29) is 0 Å². The fourth-order valence-corrected chi connectivity index (χ4v) is 3.81. The smallest absolute Gasteiger partial charge is 0.00926 e. The summed E-state index contributed by atoms with van der Waals surface area (Å²) in [6, 6.07) is 0.862. The van der Waals surface area contributed by atoms with Gasteiger partial charge in [0.15, 0.2) is 0 Å². The standard InChI is InChI=1S/C17H34N2/c1-17(2)10-6-16(7-11-17)19(3)14-4-5-15-8-12-18-13-9-15/h15-16,18H,4-14H2,1-3H3. The van der Waals surface area contributed by atoms with Gasteiger partial charge in [-0.15, -0.1) is 0 Å². The fourth-order valence-electron chi connectivity index (χ4n) is 3.81. The summed E-state index contributed by atoms with van der Waals surface area (Å²) in [6.45, 7) is 8.67. The highest BCUT2D eigenvalue weighted by Crippen LogP contribution is 2.36. The van der Waals surface area contributed by atoms with E-state index in [4.69, 9.17) is 0 Å². The molecule has 0 aromatic heterocycles. The molecule has 2 aliphatic rings. The Kier molecular flexibility index (Phi) is 5.70. The molecule has 0 aromatic rings. The Labute approximate surface area is 120 Å². The number of hydrogen-bond donors (Lipinski definition) is 1. The van der Waals surface area contributed by atoms with Crippen molar-refractivity contribution in [3.05, 3.63) is 0 Å². The number of rotatable bonds is 5. The van der Waals surface area contributed by atoms with E-state index in [1.165, 1.54) is 71.0 Å². The molecule has 1 saturated carbocycles. The first-order valence-corrected chi connectivity index (χ1v) is 8.48. The second-order valence-corrected chi connectivity index (χ2v) is 7.71. The summed E-state index contributed by atoms with van der Waals surface area (Å²) in [5.74, 6) is 1.000. The second-order valence-electron chi connectivity index (χ2n) is 7.71. The van der Waals surface area contributed by atoms with E-state index in [2.05, 4.69) is 31.1 Å². The van der Waals surface area contributed by atoms with Crippen LogP contribution in [-0.2, 0) is 0 Å². The van der Waals surface area contributed by atoms with Gasteiger partial charge < -0.3 is 10.2 Å². The normalized spacial score (nSPS) is 25.9. The molecule has 1 heterocycles. The molecular formula is C17H34N2. The predicted octanol–water partition coefficient (Wildman–Crippen LogP) is 3.67. The Morgan fingerprint density at radius 1 is 1.05 bits per heavy atom. The van der Waals surface area contributed by atoms with Gasteiger partial charge in [-0.05, 0) is 89.4 Å². The monoisotopic (exact) mass is 266 g/mol. The van der Waals surface area contributed by atoms with Gasteiger partial charge in [0.2, 0.25) is 0 Å². The molecule has 1 N–H and O–H groups in total. The first-order chi connectivity index (χ1) is 9.07. The van der Waals surface area contributed by atoms with Crippen molar-refractivity contribution in [2.45, 2.75) is 71.3 Å². The van der Waals surface area contributed by atoms with Crippen molar-refractivity contribution in [2.24, 2.45) is 11.3 Å². The lowest BCUT2D eigenvalue weighted by Crippen LogP contribution is -2.38. The van der Waals surface area contributed by atoms with Crippen LogP contribution >= 0.6 is 0 Å². The van der Waals surface area contributed by atoms with E-state index in [9.17, 15) is 0 Å². The zero-order valence-electron chi connectivity index (χ0n) is 13.4. The van der Waals surface area contributed by atoms with Crippen LogP contribution in [-0.4, -0.2) is 37.6 Å². The van der Waals surface area contributed by atoms with Crippen LogP contribution in [0.3, 0.4) is 0 Å². The number of nitrogens with one attached hydrogen (secondary N) is 1. The molecular weight excluding hydrogens is 232 g/mol. The van der Waals surface area contributed by atoms with Gasteiger partial charge in [0.05, 0.1) is 0 Å². The maximum absolute atomic E-state index is 3.46. The van der Waals surface area contributed by atoms with E-state index < -0.39 is 0 Å². The molecule has 0 radical (unpaired) electrons. The largest absolute Gasteiger partial charge is 0.317 e. The van der Waals surface area contributed by atoms with Crippen LogP contribution < -0.4 is 5.32 Å². The van der Waals surface area contributed by atoms with Crippen LogP contribution in [0.15, 0.2) is 0 Å². The predicted molar refractivity (Wildman–Crippen MR) is 83.5 cm³/mol. The van der Waals surface area contributed by atoms with Crippen LogP contribution in [0.5, 0.6) is 0 Å². The summed E-state index contributed by atoms with van der Waals surface area (Å²) in [5, 5.41) is 3.46. The minimum atomic E-state index is 0.604. The lowest BCUT2D eigenvalue weighted by atomic mass is 9.75. The summed E-state index contributed by atoms with van der Waals surface area (Å²) >= 11 is 0. The number of nitrogens with zero attached hydrogens (tertiary/aromatic N) is 1. The number of piperidine rings is 1. The molecule has 0 aromatic carbocycles. The van der Waals surface area contributed by atoms with Crippen LogP contribution in [0.2, 0.25) is 0 Å². The zero-order chi connectivity index (χ0) is 13.7. The SMILES string of the molecule is CN(CCCC1CCNCC1)C1CCC(C)(C)CC1. The summed E-state index contributed by atoms with van der Waals surface area (Å²) < 4.78 is 0. The summed E-state index contributed by atoms with van der Waals surface area (Å²) in [6.07, 6.45) is 11.3. The molecule has 0 atom stereocenters. The van der Waals surface area contributed by atoms with Crippen molar-refractivity contribution >= 4 is 0 Å². The van der Waals surface area contributed by atoms with E-state index in [0.29, 0.717) is 5.41 Å². The van der Waals surface area contributed by atoms with Crippen LogP contribution in [0.4, 0.5) is 0 Å². The van der Waals surface area contributed by atoms with Crippen LogP contribution in [0.25, 0.3) is 0 Å². The third-order valence-electron chi connectivity index (χ3n) is 5.51. The first-order valence-electron chi connectivity index (χ1n) is 8.48. The Morgan fingerprint density at radius 3 is 2.32 bits per heavy atom. The molecule has 0 unspecified atom stereocenters. The van der Waals surface area contributed by atoms with Crippen molar-refractivity contribution in [2.75, 3.05) is 26.7 Å². The van der Waals surface area contributed by atoms with Gasteiger partial charge in [0.1, 0.15) is 0 Å². The fraction of sp³-hybridized carbons (Fsp3) is 1.00. The Balaban J connectivity index is 1.60. The highest BCUT2D eigenvalue weighted by molar-refractivity contribution is 4.83. The zero-order valence-corrected chi connectivity index (χ0v) is 13.4. The molecule has 2 rings (SSSR count). The second kappa shape index (κ2) is 7.08. The van der Waals surface area contributed by atoms with Crippen molar-refractivity contribution in [1.82, 2.24) is 10.2 Å². The Morgan fingerprint density at radius 2 is 1.68 bits per heavy atom. The highest BCUT2D eigenvalue weighted by atomic mass is 15.1. The Bertz CT molecular complexity index is 246. The van der Waals surface area contributed by atoms with Crippen molar-refractivity contribution in [1.29, 1.82) is 0 Å². The lowest BCUT2D eigenvalue weighted by molar-refractivity contribution is 0.124. The lowest BCUT2D eigenvalue weighted by Gasteiger charge is -2.38. The average molecular weight is 266 g/mol. The highest BCUT2D eigenvalue weighted by Gasteiger charge is 2.28. The van der Waals surface area contributed by atoms with Gasteiger partial charge in [-0.1, -0.05) is 13.8 Å². The molecule has 0 spiro atoms. The minimum absolute atomic E-state index is 0.604. The van der Waals surface area contributed by atoms with Gasteiger partial charge in [-0.2, -0.15) is 0 Å². The molecule has 2 heteroatoms. The molecule has 0 bridgehead atoms. The van der Waals surface area contributed by atoms with Gasteiger partial charge in [0, 0.05) is 6.04 Å². The van der Waals surface area contributed by atoms with E-state index >= 15 is 0 Å². The third-order valence-corrected chi connectivity index (χ3v) is 5.51. The average Bonchev–Trinajstić information content (AvgIpc) is 2.39. The van der Waals surface area contributed by atoms with Gasteiger partial charge in [0.25, 0.3) is 0 Å². The van der Waals surface area contributed by atoms with Crippen molar-refractivity contribution in [3.8, 4) is 0 Å². The number of hydrogen-bond acceptors (Lipinski definition) is 2. The van der Waals surface area contributed by atoms with Crippen molar-refractivity contribution in [3.63, 3.8) is 0 Å². The van der Waals surface area contributed by atoms with Gasteiger partial charge in [-0.3, -0.25) is 0 Å². The minimum Gasteiger partial charge on any atom is -0.317 e. The molecule has 2 nitrogen and oxygen atoms in total. The summed E-state index contributed by atoms with van der Waals surface area (Å²) in [7, 11) is 2.35. The van der Waals surface area contributed by atoms with E-state index in [0.717, 1.165) is 12.0 Å². The first kappa shape index (κ1) is 15.3. The topological polar surface area (TPSA) is 15.3 Å². The molecule has 19 heavy (non-hydrogen) atoms. The van der Waals surface area contributed by atoms with E-state index in [1.54, 1.807) is 0 Å². The molecule has 0 amide bonds. The third kappa shape index (κ3) is 5.07. The Hall–Kier alpha value is -0.0800. The van der Waals surface area contributed by atoms with E-state index in [1.807, 2.05) is 0 Å². The molecule has 1 aliphatic heterocycles. The van der Waals surface area contributed by atoms with Crippen LogP contribution in [0, 0.1) is 11.3 Å². The van der Waals surface area contributed by atoms with Gasteiger partial charge >= 0.3 is 0 Å². The molecule has 2 fully saturated rings. The van der Waals surface area contributed by atoms with Crippen molar-refractivity contribution < 1.29 is 0 Å². The maximum atomic E-state index is 3.46. The quantitative estimate of drug-likeness (QED) is 0.817.